The highest BCUT2D eigenvalue weighted by Gasteiger charge is 2.17. The quantitative estimate of drug-likeness (QED) is 0.439. The molecule has 29 heavy (non-hydrogen) atoms. The summed E-state index contributed by atoms with van der Waals surface area (Å²) < 4.78 is 8.93. The largest absolute Gasteiger partial charge is 0.492 e. The number of H-pyrrole nitrogens is 1. The van der Waals surface area contributed by atoms with E-state index in [1.807, 2.05) is 30.3 Å². The van der Waals surface area contributed by atoms with Crippen molar-refractivity contribution in [3.63, 3.8) is 0 Å². The SMILES string of the molecule is CC[NH+](CC)CCNc1nc2c(c(=O)[nH]c(=O)n2C)n1CCOc1ccccc1. The summed E-state index contributed by atoms with van der Waals surface area (Å²) in [6, 6.07) is 9.51. The second-order valence-corrected chi connectivity index (χ2v) is 6.87. The molecule has 0 spiro atoms. The van der Waals surface area contributed by atoms with Gasteiger partial charge >= 0.3 is 5.69 Å². The van der Waals surface area contributed by atoms with Crippen LogP contribution in [0.4, 0.5) is 5.95 Å². The summed E-state index contributed by atoms with van der Waals surface area (Å²) in [4.78, 5) is 32.8. The van der Waals surface area contributed by atoms with E-state index in [4.69, 9.17) is 4.74 Å². The number of likely N-dealkylation sites (N-methyl/N-ethyl adjacent to an activating group) is 1. The minimum absolute atomic E-state index is 0.358. The number of imidazole rings is 1. The zero-order chi connectivity index (χ0) is 20.8. The summed E-state index contributed by atoms with van der Waals surface area (Å²) in [6.07, 6.45) is 0. The number of aromatic nitrogens is 4. The first kappa shape index (κ1) is 20.7. The Hall–Kier alpha value is -3.07. The lowest BCUT2D eigenvalue weighted by Crippen LogP contribution is -3.12. The Morgan fingerprint density at radius 1 is 1.17 bits per heavy atom. The smallest absolute Gasteiger partial charge is 0.329 e. The maximum atomic E-state index is 12.5. The van der Waals surface area contributed by atoms with E-state index in [1.54, 1.807) is 11.6 Å². The van der Waals surface area contributed by atoms with Crippen molar-refractivity contribution < 1.29 is 9.64 Å². The Kier molecular flexibility index (Phi) is 6.71. The third kappa shape index (κ3) is 4.68. The third-order valence-electron chi connectivity index (χ3n) is 5.10. The fraction of sp³-hybridized carbons (Fsp3) is 0.450. The van der Waals surface area contributed by atoms with Crippen LogP contribution in [0.5, 0.6) is 5.75 Å². The van der Waals surface area contributed by atoms with Crippen molar-refractivity contribution in [1.29, 1.82) is 0 Å². The van der Waals surface area contributed by atoms with Crippen molar-refractivity contribution in [1.82, 2.24) is 19.1 Å². The van der Waals surface area contributed by atoms with E-state index in [9.17, 15) is 9.59 Å². The topological polar surface area (TPSA) is 98.4 Å². The van der Waals surface area contributed by atoms with Gasteiger partial charge in [0.1, 0.15) is 12.4 Å². The highest BCUT2D eigenvalue weighted by atomic mass is 16.5. The molecular weight excluding hydrogens is 372 g/mol. The Bertz CT molecular complexity index is 1050. The van der Waals surface area contributed by atoms with Gasteiger partial charge in [-0.05, 0) is 26.0 Å². The van der Waals surface area contributed by atoms with Gasteiger partial charge in [0.15, 0.2) is 11.2 Å². The molecule has 3 aromatic rings. The van der Waals surface area contributed by atoms with E-state index < -0.39 is 11.2 Å². The van der Waals surface area contributed by atoms with Crippen LogP contribution in [0.2, 0.25) is 0 Å². The molecule has 0 radical (unpaired) electrons. The monoisotopic (exact) mass is 401 g/mol. The molecule has 2 heterocycles. The molecule has 3 N–H and O–H groups in total. The molecule has 9 nitrogen and oxygen atoms in total. The van der Waals surface area contributed by atoms with Crippen molar-refractivity contribution in [3.05, 3.63) is 51.2 Å². The van der Waals surface area contributed by atoms with Crippen molar-refractivity contribution >= 4 is 17.1 Å². The van der Waals surface area contributed by atoms with Gasteiger partial charge in [-0.1, -0.05) is 18.2 Å². The summed E-state index contributed by atoms with van der Waals surface area (Å²) in [6.45, 7) is 8.86. The maximum absolute atomic E-state index is 12.5. The number of aryl methyl sites for hydroxylation is 1. The number of anilines is 1. The lowest BCUT2D eigenvalue weighted by Gasteiger charge is -2.16. The predicted molar refractivity (Wildman–Crippen MR) is 113 cm³/mol. The van der Waals surface area contributed by atoms with Gasteiger partial charge in [0.05, 0.1) is 32.7 Å². The fourth-order valence-electron chi connectivity index (χ4n) is 3.31. The highest BCUT2D eigenvalue weighted by molar-refractivity contribution is 5.74. The minimum atomic E-state index is -0.480. The van der Waals surface area contributed by atoms with Gasteiger partial charge in [-0.25, -0.2) is 4.79 Å². The van der Waals surface area contributed by atoms with Gasteiger partial charge in [0, 0.05) is 7.05 Å². The van der Waals surface area contributed by atoms with Crippen LogP contribution in [-0.4, -0.2) is 51.9 Å². The molecule has 0 unspecified atom stereocenters. The van der Waals surface area contributed by atoms with E-state index in [2.05, 4.69) is 29.1 Å². The molecule has 0 aliphatic carbocycles. The van der Waals surface area contributed by atoms with Gasteiger partial charge in [-0.3, -0.25) is 14.3 Å². The van der Waals surface area contributed by atoms with Crippen LogP contribution in [0.25, 0.3) is 11.2 Å². The number of para-hydroxylation sites is 1. The van der Waals surface area contributed by atoms with Crippen LogP contribution in [0.15, 0.2) is 39.9 Å². The Morgan fingerprint density at radius 3 is 2.59 bits per heavy atom. The zero-order valence-electron chi connectivity index (χ0n) is 17.2. The molecule has 0 bridgehead atoms. The van der Waals surface area contributed by atoms with Crippen LogP contribution >= 0.6 is 0 Å². The average Bonchev–Trinajstić information content (AvgIpc) is 3.09. The molecule has 0 atom stereocenters. The van der Waals surface area contributed by atoms with Crippen molar-refractivity contribution in [3.8, 4) is 5.75 Å². The van der Waals surface area contributed by atoms with Crippen molar-refractivity contribution in [2.75, 3.05) is 38.1 Å². The van der Waals surface area contributed by atoms with Gasteiger partial charge < -0.3 is 19.5 Å². The Balaban J connectivity index is 1.86. The van der Waals surface area contributed by atoms with Gasteiger partial charge in [0.25, 0.3) is 5.56 Å². The van der Waals surface area contributed by atoms with Crippen molar-refractivity contribution in [2.45, 2.75) is 20.4 Å². The number of rotatable bonds is 10. The van der Waals surface area contributed by atoms with E-state index in [1.165, 1.54) is 9.47 Å². The summed E-state index contributed by atoms with van der Waals surface area (Å²) in [5, 5.41) is 3.33. The molecule has 3 rings (SSSR count). The van der Waals surface area contributed by atoms with Gasteiger partial charge in [0.2, 0.25) is 5.95 Å². The molecule has 0 aliphatic rings. The minimum Gasteiger partial charge on any atom is -0.492 e. The van der Waals surface area contributed by atoms with E-state index >= 15 is 0 Å². The highest BCUT2D eigenvalue weighted by Crippen LogP contribution is 2.15. The molecule has 2 aromatic heterocycles. The molecule has 0 fully saturated rings. The first-order chi connectivity index (χ1) is 14.0. The predicted octanol–water partition coefficient (Wildman–Crippen LogP) is -0.161. The molecule has 0 amide bonds. The molecule has 156 valence electrons. The third-order valence-corrected chi connectivity index (χ3v) is 5.10. The number of fused-ring (bicyclic) bond motifs is 1. The number of quaternary nitrogens is 1. The molecular formula is C20H29N6O3+. The Morgan fingerprint density at radius 2 is 1.90 bits per heavy atom. The number of nitrogens with zero attached hydrogens (tertiary/aromatic N) is 3. The van der Waals surface area contributed by atoms with Crippen LogP contribution in [0.1, 0.15) is 13.8 Å². The molecule has 0 saturated heterocycles. The molecule has 0 saturated carbocycles. The van der Waals surface area contributed by atoms with Crippen molar-refractivity contribution in [2.24, 2.45) is 7.05 Å². The summed E-state index contributed by atoms with van der Waals surface area (Å²) in [5.41, 5.74) is -0.206. The maximum Gasteiger partial charge on any atom is 0.329 e. The fourth-order valence-corrected chi connectivity index (χ4v) is 3.31. The second-order valence-electron chi connectivity index (χ2n) is 6.87. The lowest BCUT2D eigenvalue weighted by molar-refractivity contribution is -0.894. The normalized spacial score (nSPS) is 11.3. The first-order valence-corrected chi connectivity index (χ1v) is 10.00. The number of aromatic amines is 1. The first-order valence-electron chi connectivity index (χ1n) is 10.00. The van der Waals surface area contributed by atoms with Crippen LogP contribution < -0.4 is 26.2 Å². The zero-order valence-corrected chi connectivity index (χ0v) is 17.2. The summed E-state index contributed by atoms with van der Waals surface area (Å²) in [7, 11) is 1.60. The van der Waals surface area contributed by atoms with Crippen LogP contribution in [0.3, 0.4) is 0 Å². The lowest BCUT2D eigenvalue weighted by atomic mass is 10.3. The van der Waals surface area contributed by atoms with Gasteiger partial charge in [-0.2, -0.15) is 4.98 Å². The number of nitrogens with one attached hydrogen (secondary N) is 3. The number of hydrogen-bond donors (Lipinski definition) is 3. The summed E-state index contributed by atoms with van der Waals surface area (Å²) >= 11 is 0. The van der Waals surface area contributed by atoms with Crippen LogP contribution in [-0.2, 0) is 13.6 Å². The van der Waals surface area contributed by atoms with Crippen LogP contribution in [0, 0.1) is 0 Å². The van der Waals surface area contributed by atoms with E-state index in [-0.39, 0.29) is 0 Å². The van der Waals surface area contributed by atoms with Gasteiger partial charge in [-0.15, -0.1) is 0 Å². The van der Waals surface area contributed by atoms with E-state index in [0.717, 1.165) is 25.4 Å². The molecule has 9 heteroatoms. The number of benzene rings is 1. The molecule has 1 aromatic carbocycles. The number of ether oxygens (including phenoxy) is 1. The number of hydrogen-bond acceptors (Lipinski definition) is 5. The molecule has 0 aliphatic heterocycles. The second kappa shape index (κ2) is 9.42. The summed E-state index contributed by atoms with van der Waals surface area (Å²) in [5.74, 6) is 1.33. The van der Waals surface area contributed by atoms with E-state index in [0.29, 0.717) is 36.8 Å². The Labute approximate surface area is 168 Å². The average molecular weight is 401 g/mol. The standard InChI is InChI=1S/C20H28N6O3/c1-4-25(5-2)12-11-21-19-22-17-16(18(27)23-20(28)24(17)3)26(19)13-14-29-15-9-7-6-8-10-15/h6-10H,4-5,11-14H2,1-3H3,(H,21,22)(H,23,27,28)/p+1.